The van der Waals surface area contributed by atoms with Crippen LogP contribution in [-0.4, -0.2) is 0 Å². The van der Waals surface area contributed by atoms with Gasteiger partial charge in [-0.15, -0.1) is 0 Å². The fraction of sp³-hybridized carbons (Fsp3) is 0.304. The third-order valence-corrected chi connectivity index (χ3v) is 4.93. The van der Waals surface area contributed by atoms with E-state index in [9.17, 15) is 0 Å². The lowest BCUT2D eigenvalue weighted by Crippen LogP contribution is -1.98. The molecule has 0 aliphatic carbocycles. The molecule has 0 N–H and O–H groups in total. The highest BCUT2D eigenvalue weighted by atomic mass is 14.1. The largest absolute Gasteiger partial charge is 0.0616 e. The van der Waals surface area contributed by atoms with Crippen LogP contribution in [0.1, 0.15) is 48.6 Å². The molecule has 118 valence electrons. The van der Waals surface area contributed by atoms with Crippen molar-refractivity contribution in [2.24, 2.45) is 0 Å². The van der Waals surface area contributed by atoms with Gasteiger partial charge in [0.25, 0.3) is 0 Å². The Balaban J connectivity index is 2.06. The molecule has 23 heavy (non-hydrogen) atoms. The van der Waals surface area contributed by atoms with Gasteiger partial charge in [-0.05, 0) is 64.3 Å². The van der Waals surface area contributed by atoms with E-state index in [1.807, 2.05) is 0 Å². The van der Waals surface area contributed by atoms with Crippen molar-refractivity contribution in [3.05, 3.63) is 82.4 Å². The normalized spacial score (nSPS) is 11.1. The average Bonchev–Trinajstić information content (AvgIpc) is 2.62. The molecule has 3 rings (SSSR count). The molecule has 0 unspecified atom stereocenters. The van der Waals surface area contributed by atoms with Gasteiger partial charge >= 0.3 is 0 Å². The van der Waals surface area contributed by atoms with Gasteiger partial charge in [-0.25, -0.2) is 0 Å². The van der Waals surface area contributed by atoms with Gasteiger partial charge in [-0.2, -0.15) is 0 Å². The van der Waals surface area contributed by atoms with E-state index in [1.54, 1.807) is 0 Å². The van der Waals surface area contributed by atoms with Gasteiger partial charge in [-0.1, -0.05) is 75.4 Å². The zero-order chi connectivity index (χ0) is 16.2. The monoisotopic (exact) mass is 302 g/mol. The maximum absolute atomic E-state index is 2.39. The van der Waals surface area contributed by atoms with Crippen LogP contribution in [0, 0.1) is 0 Å². The average molecular weight is 302 g/mol. The van der Waals surface area contributed by atoms with Crippen LogP contribution in [0.4, 0.5) is 0 Å². The summed E-state index contributed by atoms with van der Waals surface area (Å²) in [6.07, 6.45) is 4.33. The second-order valence-electron chi connectivity index (χ2n) is 6.27. The van der Waals surface area contributed by atoms with E-state index in [1.165, 1.54) is 38.6 Å². The van der Waals surface area contributed by atoms with Crippen LogP contribution in [0.15, 0.2) is 54.6 Å². The zero-order valence-electron chi connectivity index (χ0n) is 14.5. The van der Waals surface area contributed by atoms with Crippen molar-refractivity contribution in [1.29, 1.82) is 0 Å². The molecule has 0 saturated heterocycles. The molecule has 0 atom stereocenters. The molecule has 0 fully saturated rings. The minimum Gasteiger partial charge on any atom is -0.0616 e. The molecule has 0 heteroatoms. The van der Waals surface area contributed by atoms with E-state index >= 15 is 0 Å². The molecule has 0 aromatic heterocycles. The van der Waals surface area contributed by atoms with Crippen molar-refractivity contribution >= 4 is 10.8 Å². The molecule has 0 amide bonds. The van der Waals surface area contributed by atoms with E-state index in [4.69, 9.17) is 0 Å². The molecule has 0 nitrogen and oxygen atoms in total. The molecule has 0 aliphatic heterocycles. The van der Waals surface area contributed by atoms with Gasteiger partial charge in [0.05, 0.1) is 0 Å². The van der Waals surface area contributed by atoms with E-state index < -0.39 is 0 Å². The summed E-state index contributed by atoms with van der Waals surface area (Å²) in [7, 11) is 0. The third-order valence-electron chi connectivity index (χ3n) is 4.93. The highest BCUT2D eigenvalue weighted by Gasteiger charge is 2.08. The highest BCUT2D eigenvalue weighted by Crippen LogP contribution is 2.26. The first-order valence-corrected chi connectivity index (χ1v) is 8.87. The number of fused-ring (bicyclic) bond motifs is 1. The SMILES string of the molecule is CCc1ccc(Cc2ccc(CC)c3ccccc23)c(CC)c1. The summed E-state index contributed by atoms with van der Waals surface area (Å²) >= 11 is 0. The zero-order valence-corrected chi connectivity index (χ0v) is 14.5. The summed E-state index contributed by atoms with van der Waals surface area (Å²) in [5.41, 5.74) is 7.29. The number of hydrogen-bond donors (Lipinski definition) is 0. The molecule has 3 aromatic carbocycles. The lowest BCUT2D eigenvalue weighted by Gasteiger charge is -2.13. The van der Waals surface area contributed by atoms with E-state index in [0.29, 0.717) is 0 Å². The molecule has 0 saturated carbocycles. The number of hydrogen-bond acceptors (Lipinski definition) is 0. The van der Waals surface area contributed by atoms with Crippen LogP contribution in [0.5, 0.6) is 0 Å². The van der Waals surface area contributed by atoms with Crippen molar-refractivity contribution in [3.8, 4) is 0 Å². The quantitative estimate of drug-likeness (QED) is 0.533. The molecule has 0 aliphatic rings. The van der Waals surface area contributed by atoms with E-state index in [0.717, 1.165) is 25.7 Å². The minimum atomic E-state index is 1.03. The van der Waals surface area contributed by atoms with Crippen molar-refractivity contribution < 1.29 is 0 Å². The number of aryl methyl sites for hydroxylation is 3. The van der Waals surface area contributed by atoms with Gasteiger partial charge in [0.15, 0.2) is 0 Å². The van der Waals surface area contributed by atoms with Crippen LogP contribution < -0.4 is 0 Å². The molecule has 0 spiro atoms. The molecular weight excluding hydrogens is 276 g/mol. The Labute approximate surface area is 140 Å². The molecule has 0 heterocycles. The van der Waals surface area contributed by atoms with Gasteiger partial charge in [0, 0.05) is 0 Å². The lowest BCUT2D eigenvalue weighted by molar-refractivity contribution is 1.04. The first-order chi connectivity index (χ1) is 11.3. The lowest BCUT2D eigenvalue weighted by atomic mass is 9.91. The number of rotatable bonds is 5. The molecule has 0 bridgehead atoms. The molecule has 3 aromatic rings. The van der Waals surface area contributed by atoms with Gasteiger partial charge < -0.3 is 0 Å². The predicted molar refractivity (Wildman–Crippen MR) is 101 cm³/mol. The van der Waals surface area contributed by atoms with Crippen molar-refractivity contribution in [1.82, 2.24) is 0 Å². The standard InChI is InChI=1S/C23H26/c1-4-17-11-12-20(19(6-3)15-17)16-21-14-13-18(5-2)22-9-7-8-10-23(21)22/h7-15H,4-6,16H2,1-3H3. The van der Waals surface area contributed by atoms with Crippen LogP contribution in [-0.2, 0) is 25.7 Å². The van der Waals surface area contributed by atoms with Gasteiger partial charge in [0.2, 0.25) is 0 Å². The second-order valence-corrected chi connectivity index (χ2v) is 6.27. The fourth-order valence-corrected chi connectivity index (χ4v) is 3.49. The predicted octanol–water partition coefficient (Wildman–Crippen LogP) is 6.12. The maximum Gasteiger partial charge on any atom is -0.00169 e. The summed E-state index contributed by atoms with van der Waals surface area (Å²) in [5.74, 6) is 0. The first kappa shape index (κ1) is 15.8. The summed E-state index contributed by atoms with van der Waals surface area (Å²) in [6.45, 7) is 6.72. The van der Waals surface area contributed by atoms with Crippen LogP contribution in [0.25, 0.3) is 10.8 Å². The maximum atomic E-state index is 2.39. The third kappa shape index (κ3) is 3.17. The van der Waals surface area contributed by atoms with E-state index in [-0.39, 0.29) is 0 Å². The topological polar surface area (TPSA) is 0 Å². The smallest absolute Gasteiger partial charge is 0.00169 e. The highest BCUT2D eigenvalue weighted by molar-refractivity contribution is 5.89. The second kappa shape index (κ2) is 7.00. The summed E-state index contributed by atoms with van der Waals surface area (Å²) < 4.78 is 0. The van der Waals surface area contributed by atoms with Crippen molar-refractivity contribution in [2.75, 3.05) is 0 Å². The molecular formula is C23H26. The Morgan fingerprint density at radius 3 is 1.83 bits per heavy atom. The van der Waals surface area contributed by atoms with Crippen molar-refractivity contribution in [3.63, 3.8) is 0 Å². The summed E-state index contributed by atoms with van der Waals surface area (Å²) in [6, 6.07) is 20.5. The van der Waals surface area contributed by atoms with Gasteiger partial charge in [-0.3, -0.25) is 0 Å². The fourth-order valence-electron chi connectivity index (χ4n) is 3.49. The van der Waals surface area contributed by atoms with Crippen LogP contribution >= 0.6 is 0 Å². The Morgan fingerprint density at radius 2 is 1.17 bits per heavy atom. The Kier molecular flexibility index (Phi) is 4.81. The minimum absolute atomic E-state index is 1.03. The van der Waals surface area contributed by atoms with Crippen LogP contribution in [0.3, 0.4) is 0 Å². The Morgan fingerprint density at radius 1 is 0.565 bits per heavy atom. The van der Waals surface area contributed by atoms with Crippen molar-refractivity contribution in [2.45, 2.75) is 46.5 Å². The Hall–Kier alpha value is -2.08. The molecule has 0 radical (unpaired) electrons. The summed E-state index contributed by atoms with van der Waals surface area (Å²) in [5, 5.41) is 2.82. The number of benzene rings is 3. The Bertz CT molecular complexity index is 811. The van der Waals surface area contributed by atoms with Crippen LogP contribution in [0.2, 0.25) is 0 Å². The van der Waals surface area contributed by atoms with Gasteiger partial charge in [0.1, 0.15) is 0 Å². The van der Waals surface area contributed by atoms with E-state index in [2.05, 4.69) is 75.4 Å². The first-order valence-electron chi connectivity index (χ1n) is 8.87. The summed E-state index contributed by atoms with van der Waals surface area (Å²) in [4.78, 5) is 0.